The van der Waals surface area contributed by atoms with E-state index in [2.05, 4.69) is 15.8 Å². The van der Waals surface area contributed by atoms with Crippen LogP contribution in [-0.4, -0.2) is 17.5 Å². The van der Waals surface area contributed by atoms with Gasteiger partial charge in [-0.2, -0.15) is 5.10 Å². The zero-order valence-corrected chi connectivity index (χ0v) is 17.7. The highest BCUT2D eigenvalue weighted by molar-refractivity contribution is 7.18. The van der Waals surface area contributed by atoms with Crippen molar-refractivity contribution < 1.29 is 9.59 Å². The van der Waals surface area contributed by atoms with E-state index in [1.165, 1.54) is 11.3 Å². The summed E-state index contributed by atoms with van der Waals surface area (Å²) >= 11 is 12.9. The summed E-state index contributed by atoms with van der Waals surface area (Å²) in [4.78, 5) is 24.7. The van der Waals surface area contributed by atoms with Crippen LogP contribution in [0.4, 0.5) is 5.69 Å². The quantitative estimate of drug-likeness (QED) is 0.394. The maximum absolute atomic E-state index is 12.2. The van der Waals surface area contributed by atoms with Crippen molar-refractivity contribution >= 4 is 57.8 Å². The van der Waals surface area contributed by atoms with Gasteiger partial charge in [-0.25, -0.2) is 5.43 Å². The van der Waals surface area contributed by atoms with Gasteiger partial charge in [-0.3, -0.25) is 9.59 Å². The van der Waals surface area contributed by atoms with Gasteiger partial charge in [0.2, 0.25) is 5.91 Å². The van der Waals surface area contributed by atoms with Gasteiger partial charge >= 0.3 is 0 Å². The Balaban J connectivity index is 1.56. The first-order valence-corrected chi connectivity index (χ1v) is 10.2. The van der Waals surface area contributed by atoms with E-state index in [0.29, 0.717) is 25.6 Å². The molecule has 0 bridgehead atoms. The van der Waals surface area contributed by atoms with Crippen molar-refractivity contribution in [2.45, 2.75) is 13.3 Å². The van der Waals surface area contributed by atoms with Crippen molar-refractivity contribution in [1.29, 1.82) is 0 Å². The van der Waals surface area contributed by atoms with Crippen LogP contribution < -0.4 is 10.7 Å². The van der Waals surface area contributed by atoms with Crippen molar-refractivity contribution in [2.75, 3.05) is 5.32 Å². The minimum Gasteiger partial charge on any atom is -0.326 e. The second-order valence-electron chi connectivity index (χ2n) is 6.17. The number of nitrogens with one attached hydrogen (secondary N) is 2. The first-order chi connectivity index (χ1) is 13.9. The van der Waals surface area contributed by atoms with Crippen molar-refractivity contribution in [3.63, 3.8) is 0 Å². The van der Waals surface area contributed by atoms with E-state index in [9.17, 15) is 9.59 Å². The van der Waals surface area contributed by atoms with Gasteiger partial charge in [-0.15, -0.1) is 11.3 Å². The van der Waals surface area contributed by atoms with Crippen molar-refractivity contribution in [3.8, 4) is 0 Å². The van der Waals surface area contributed by atoms with Crippen LogP contribution in [0.5, 0.6) is 0 Å². The molecule has 0 atom stereocenters. The number of nitrogens with zero attached hydrogens (tertiary/aromatic N) is 1. The molecule has 0 unspecified atom stereocenters. The highest BCUT2D eigenvalue weighted by Crippen LogP contribution is 2.21. The molecule has 0 aliphatic carbocycles. The summed E-state index contributed by atoms with van der Waals surface area (Å²) < 4.78 is 0.546. The SMILES string of the molecule is C/C(=N\NC(=O)c1ccc(Cl)s1)c1ccc(NC(=O)Cc2ccc(Cl)cc2)cc1. The molecule has 1 heterocycles. The largest absolute Gasteiger partial charge is 0.326 e. The highest BCUT2D eigenvalue weighted by atomic mass is 35.5. The number of carbonyl (C=O) groups excluding carboxylic acids is 2. The van der Waals surface area contributed by atoms with Crippen LogP contribution in [-0.2, 0) is 11.2 Å². The predicted octanol–water partition coefficient (Wildman–Crippen LogP) is 5.39. The van der Waals surface area contributed by atoms with Gasteiger partial charge in [0, 0.05) is 10.7 Å². The van der Waals surface area contributed by atoms with E-state index in [0.717, 1.165) is 11.1 Å². The highest BCUT2D eigenvalue weighted by Gasteiger charge is 2.08. The lowest BCUT2D eigenvalue weighted by Crippen LogP contribution is -2.18. The fourth-order valence-electron chi connectivity index (χ4n) is 2.48. The Bertz CT molecular complexity index is 1040. The minimum atomic E-state index is -0.313. The van der Waals surface area contributed by atoms with Gasteiger partial charge in [0.05, 0.1) is 21.3 Å². The number of halogens is 2. The Hall–Kier alpha value is -2.67. The van der Waals surface area contributed by atoms with E-state index in [-0.39, 0.29) is 18.2 Å². The number of carbonyl (C=O) groups is 2. The number of amides is 2. The molecule has 0 aliphatic heterocycles. The first-order valence-electron chi connectivity index (χ1n) is 8.65. The number of benzene rings is 2. The Morgan fingerprint density at radius 3 is 2.28 bits per heavy atom. The minimum absolute atomic E-state index is 0.118. The van der Waals surface area contributed by atoms with E-state index >= 15 is 0 Å². The molecule has 2 amide bonds. The Labute approximate surface area is 182 Å². The molecule has 5 nitrogen and oxygen atoms in total. The monoisotopic (exact) mass is 445 g/mol. The molecule has 29 heavy (non-hydrogen) atoms. The van der Waals surface area contributed by atoms with Crippen LogP contribution in [0.1, 0.15) is 27.7 Å². The summed E-state index contributed by atoms with van der Waals surface area (Å²) in [5, 5.41) is 7.60. The van der Waals surface area contributed by atoms with Crippen molar-refractivity contribution in [3.05, 3.63) is 86.0 Å². The average Bonchev–Trinajstić information content (AvgIpc) is 3.14. The molecule has 0 saturated heterocycles. The maximum atomic E-state index is 12.2. The number of anilines is 1. The van der Waals surface area contributed by atoms with Crippen LogP contribution in [0.15, 0.2) is 65.8 Å². The molecular formula is C21H17Cl2N3O2S. The molecule has 3 rings (SSSR count). The van der Waals surface area contributed by atoms with Crippen LogP contribution >= 0.6 is 34.5 Å². The van der Waals surface area contributed by atoms with E-state index < -0.39 is 0 Å². The maximum Gasteiger partial charge on any atom is 0.281 e. The topological polar surface area (TPSA) is 70.6 Å². The summed E-state index contributed by atoms with van der Waals surface area (Å²) in [6.45, 7) is 1.79. The van der Waals surface area contributed by atoms with E-state index in [1.54, 1.807) is 43.3 Å². The number of hydrogen-bond acceptors (Lipinski definition) is 4. The molecule has 0 saturated carbocycles. The van der Waals surface area contributed by atoms with Gasteiger partial charge in [-0.1, -0.05) is 47.5 Å². The smallest absolute Gasteiger partial charge is 0.281 e. The molecule has 148 valence electrons. The molecular weight excluding hydrogens is 429 g/mol. The van der Waals surface area contributed by atoms with Gasteiger partial charge in [-0.05, 0) is 54.4 Å². The Morgan fingerprint density at radius 1 is 0.966 bits per heavy atom. The summed E-state index contributed by atoms with van der Waals surface area (Å²) in [5.74, 6) is -0.431. The first kappa shape index (κ1) is 21.0. The number of hydrogen-bond donors (Lipinski definition) is 2. The van der Waals surface area contributed by atoms with Crippen LogP contribution in [0.3, 0.4) is 0 Å². The fourth-order valence-corrected chi connectivity index (χ4v) is 3.54. The normalized spacial score (nSPS) is 11.2. The molecule has 0 fully saturated rings. The standard InChI is InChI=1S/C21H17Cl2N3O2S/c1-13(25-26-21(28)18-10-11-19(23)29-18)15-4-8-17(9-5-15)24-20(27)12-14-2-6-16(22)7-3-14/h2-11H,12H2,1H3,(H,24,27)(H,26,28)/b25-13+. The average molecular weight is 446 g/mol. The number of hydrazone groups is 1. The summed E-state index contributed by atoms with van der Waals surface area (Å²) in [7, 11) is 0. The van der Waals surface area contributed by atoms with E-state index in [4.69, 9.17) is 23.2 Å². The third-order valence-corrected chi connectivity index (χ3v) is 5.47. The Morgan fingerprint density at radius 2 is 1.66 bits per heavy atom. The van der Waals surface area contributed by atoms with E-state index in [1.807, 2.05) is 24.3 Å². The fraction of sp³-hybridized carbons (Fsp3) is 0.0952. The van der Waals surface area contributed by atoms with Crippen molar-refractivity contribution in [1.82, 2.24) is 5.43 Å². The third kappa shape index (κ3) is 6.15. The van der Waals surface area contributed by atoms with Gasteiger partial charge in [0.25, 0.3) is 5.91 Å². The summed E-state index contributed by atoms with van der Waals surface area (Å²) in [6.07, 6.45) is 0.262. The predicted molar refractivity (Wildman–Crippen MR) is 119 cm³/mol. The van der Waals surface area contributed by atoms with Crippen LogP contribution in [0.2, 0.25) is 9.36 Å². The lowest BCUT2D eigenvalue weighted by atomic mass is 10.1. The second kappa shape index (κ2) is 9.69. The molecule has 8 heteroatoms. The molecule has 3 aromatic rings. The van der Waals surface area contributed by atoms with Crippen LogP contribution in [0.25, 0.3) is 0 Å². The summed E-state index contributed by atoms with van der Waals surface area (Å²) in [6, 6.07) is 17.7. The third-order valence-electron chi connectivity index (χ3n) is 3.99. The number of rotatable bonds is 6. The summed E-state index contributed by atoms with van der Waals surface area (Å²) in [5.41, 5.74) is 5.54. The molecule has 2 N–H and O–H groups in total. The lowest BCUT2D eigenvalue weighted by molar-refractivity contribution is -0.115. The zero-order valence-electron chi connectivity index (χ0n) is 15.4. The molecule has 1 aromatic heterocycles. The number of thiophene rings is 1. The second-order valence-corrected chi connectivity index (χ2v) is 8.32. The molecule has 2 aromatic carbocycles. The Kier molecular flexibility index (Phi) is 7.04. The van der Waals surface area contributed by atoms with Crippen molar-refractivity contribution in [2.24, 2.45) is 5.10 Å². The van der Waals surface area contributed by atoms with Crippen LogP contribution in [0, 0.1) is 0 Å². The lowest BCUT2D eigenvalue weighted by Gasteiger charge is -2.07. The molecule has 0 radical (unpaired) electrons. The van der Waals surface area contributed by atoms with Gasteiger partial charge in [0.15, 0.2) is 0 Å². The molecule has 0 spiro atoms. The zero-order chi connectivity index (χ0) is 20.8. The molecule has 0 aliphatic rings. The van der Waals surface area contributed by atoms with Gasteiger partial charge < -0.3 is 5.32 Å². The van der Waals surface area contributed by atoms with Gasteiger partial charge in [0.1, 0.15) is 0 Å².